The summed E-state index contributed by atoms with van der Waals surface area (Å²) in [5, 5.41) is 3.17. The second-order valence-electron chi connectivity index (χ2n) is 2.85. The van der Waals surface area contributed by atoms with Crippen LogP contribution < -0.4 is 0 Å². The van der Waals surface area contributed by atoms with Crippen LogP contribution in [0.5, 0.6) is 0 Å². The number of allylic oxidation sites excluding steroid dienone is 3. The van der Waals surface area contributed by atoms with Crippen LogP contribution in [0.1, 0.15) is 0 Å². The van der Waals surface area contributed by atoms with Gasteiger partial charge in [-0.25, -0.2) is 0 Å². The first kappa shape index (κ1) is 9.48. The van der Waals surface area contributed by atoms with Gasteiger partial charge >= 0.3 is 0 Å². The van der Waals surface area contributed by atoms with Gasteiger partial charge in [-0.2, -0.15) is 5.01 Å². The Bertz CT molecular complexity index is 341. The summed E-state index contributed by atoms with van der Waals surface area (Å²) in [7, 11) is 0. The van der Waals surface area contributed by atoms with Gasteiger partial charge in [-0.05, 0) is 17.7 Å². The van der Waals surface area contributed by atoms with Crippen LogP contribution in [0.15, 0.2) is 36.7 Å². The summed E-state index contributed by atoms with van der Waals surface area (Å²) in [6, 6.07) is 0. The van der Waals surface area contributed by atoms with E-state index in [1.807, 2.05) is 12.2 Å². The average Bonchev–Trinajstić information content (AvgIpc) is 2.49. The fourth-order valence-corrected chi connectivity index (χ4v) is 2.21. The van der Waals surface area contributed by atoms with Crippen molar-refractivity contribution < 1.29 is 4.79 Å². The Hall–Kier alpha value is -1.07. The summed E-state index contributed by atoms with van der Waals surface area (Å²) in [6.45, 7) is 3.77. The highest BCUT2D eigenvalue weighted by Gasteiger charge is 2.30. The van der Waals surface area contributed by atoms with Gasteiger partial charge in [0.05, 0.1) is 5.75 Å². The van der Waals surface area contributed by atoms with Crippen LogP contribution in [0.2, 0.25) is 0 Å². The van der Waals surface area contributed by atoms with Gasteiger partial charge in [0.15, 0.2) is 4.32 Å². The third-order valence-corrected chi connectivity index (χ3v) is 3.18. The average molecular weight is 224 g/mol. The lowest BCUT2D eigenvalue weighted by Crippen LogP contribution is -2.39. The van der Waals surface area contributed by atoms with Gasteiger partial charge in [0, 0.05) is 12.4 Å². The highest BCUT2D eigenvalue weighted by Crippen LogP contribution is 2.23. The SMILES string of the molecule is C=C1C=CN(N2C(=O)CSC2=S)C=C1. The minimum Gasteiger partial charge on any atom is -0.272 e. The van der Waals surface area contributed by atoms with Gasteiger partial charge in [0.1, 0.15) is 0 Å². The van der Waals surface area contributed by atoms with Crippen molar-refractivity contribution in [1.82, 2.24) is 10.0 Å². The normalized spacial score (nSPS) is 21.3. The predicted octanol–water partition coefficient (Wildman–Crippen LogP) is 1.66. The first-order valence-corrected chi connectivity index (χ1v) is 5.41. The maximum atomic E-state index is 11.5. The molecule has 0 spiro atoms. The molecule has 1 amide bonds. The van der Waals surface area contributed by atoms with Crippen molar-refractivity contribution in [3.05, 3.63) is 36.7 Å². The molecule has 0 aliphatic carbocycles. The van der Waals surface area contributed by atoms with Crippen molar-refractivity contribution in [3.8, 4) is 0 Å². The molecule has 5 heteroatoms. The van der Waals surface area contributed by atoms with E-state index in [2.05, 4.69) is 6.58 Å². The van der Waals surface area contributed by atoms with Crippen LogP contribution in [0.4, 0.5) is 0 Å². The third kappa shape index (κ3) is 1.60. The smallest absolute Gasteiger partial charge is 0.257 e. The number of amides is 1. The molecule has 0 aromatic rings. The number of hydrogen-bond donors (Lipinski definition) is 0. The Balaban J connectivity index is 2.20. The summed E-state index contributed by atoms with van der Waals surface area (Å²) in [4.78, 5) is 11.5. The minimum atomic E-state index is 0.0156. The number of thioether (sulfide) groups is 1. The molecule has 2 heterocycles. The second-order valence-corrected chi connectivity index (χ2v) is 4.46. The van der Waals surface area contributed by atoms with E-state index in [-0.39, 0.29) is 5.91 Å². The maximum Gasteiger partial charge on any atom is 0.257 e. The lowest BCUT2D eigenvalue weighted by atomic mass is 10.2. The predicted molar refractivity (Wildman–Crippen MR) is 61.2 cm³/mol. The standard InChI is InChI=1S/C9H8N2OS2/c1-7-2-4-10(5-3-7)11-8(12)6-14-9(11)13/h2-5H,1,6H2. The second kappa shape index (κ2) is 3.59. The van der Waals surface area contributed by atoms with E-state index in [0.717, 1.165) is 5.57 Å². The van der Waals surface area contributed by atoms with Crippen LogP contribution in [-0.2, 0) is 4.79 Å². The van der Waals surface area contributed by atoms with E-state index in [4.69, 9.17) is 12.2 Å². The molecule has 14 heavy (non-hydrogen) atoms. The van der Waals surface area contributed by atoms with Crippen molar-refractivity contribution in [2.45, 2.75) is 0 Å². The molecule has 0 bridgehead atoms. The van der Waals surface area contributed by atoms with E-state index in [0.29, 0.717) is 10.1 Å². The van der Waals surface area contributed by atoms with E-state index in [9.17, 15) is 4.79 Å². The molecule has 0 atom stereocenters. The quantitative estimate of drug-likeness (QED) is 0.632. The van der Waals surface area contributed by atoms with Crippen molar-refractivity contribution >= 4 is 34.2 Å². The zero-order valence-electron chi connectivity index (χ0n) is 7.34. The molecular formula is C9H8N2OS2. The van der Waals surface area contributed by atoms with Crippen molar-refractivity contribution in [2.24, 2.45) is 0 Å². The number of hydrazine groups is 1. The molecule has 0 N–H and O–H groups in total. The summed E-state index contributed by atoms with van der Waals surface area (Å²) in [5.74, 6) is 0.444. The fourth-order valence-electron chi connectivity index (χ4n) is 1.15. The number of carbonyl (C=O) groups excluding carboxylic acids is 1. The monoisotopic (exact) mass is 224 g/mol. The summed E-state index contributed by atoms with van der Waals surface area (Å²) >= 11 is 6.45. The van der Waals surface area contributed by atoms with Crippen LogP contribution >= 0.6 is 24.0 Å². The van der Waals surface area contributed by atoms with Gasteiger partial charge in [0.25, 0.3) is 5.91 Å². The van der Waals surface area contributed by atoms with E-state index in [1.165, 1.54) is 16.8 Å². The van der Waals surface area contributed by atoms with Gasteiger partial charge < -0.3 is 0 Å². The molecule has 72 valence electrons. The zero-order chi connectivity index (χ0) is 10.1. The van der Waals surface area contributed by atoms with Crippen molar-refractivity contribution in [1.29, 1.82) is 0 Å². The molecule has 3 nitrogen and oxygen atoms in total. The Morgan fingerprint density at radius 3 is 2.57 bits per heavy atom. The summed E-state index contributed by atoms with van der Waals surface area (Å²) in [5.41, 5.74) is 0.909. The van der Waals surface area contributed by atoms with Crippen LogP contribution in [0.25, 0.3) is 0 Å². The first-order valence-electron chi connectivity index (χ1n) is 4.02. The molecule has 1 fully saturated rings. The maximum absolute atomic E-state index is 11.5. The molecule has 0 aromatic heterocycles. The first-order chi connectivity index (χ1) is 6.68. The lowest BCUT2D eigenvalue weighted by Gasteiger charge is -2.27. The van der Waals surface area contributed by atoms with Gasteiger partial charge in [-0.15, -0.1) is 0 Å². The highest BCUT2D eigenvalue weighted by molar-refractivity contribution is 8.23. The number of carbonyl (C=O) groups is 1. The third-order valence-electron chi connectivity index (χ3n) is 1.84. The Kier molecular flexibility index (Phi) is 2.43. The molecule has 1 saturated heterocycles. The molecule has 0 unspecified atom stereocenters. The molecular weight excluding hydrogens is 216 g/mol. The Labute approximate surface area is 91.7 Å². The number of hydrogen-bond acceptors (Lipinski definition) is 4. The van der Waals surface area contributed by atoms with Gasteiger partial charge in [0.2, 0.25) is 0 Å². The van der Waals surface area contributed by atoms with E-state index < -0.39 is 0 Å². The Morgan fingerprint density at radius 1 is 1.43 bits per heavy atom. The number of rotatable bonds is 1. The van der Waals surface area contributed by atoms with Gasteiger partial charge in [-0.3, -0.25) is 9.80 Å². The zero-order valence-corrected chi connectivity index (χ0v) is 8.98. The summed E-state index contributed by atoms with van der Waals surface area (Å²) in [6.07, 6.45) is 7.22. The molecule has 0 aromatic carbocycles. The van der Waals surface area contributed by atoms with Crippen LogP contribution in [-0.4, -0.2) is 26.0 Å². The Morgan fingerprint density at radius 2 is 2.07 bits per heavy atom. The van der Waals surface area contributed by atoms with Gasteiger partial charge in [-0.1, -0.05) is 30.6 Å². The molecule has 2 aliphatic heterocycles. The highest BCUT2D eigenvalue weighted by atomic mass is 32.2. The topological polar surface area (TPSA) is 23.6 Å². The van der Waals surface area contributed by atoms with Crippen LogP contribution in [0.3, 0.4) is 0 Å². The van der Waals surface area contributed by atoms with E-state index >= 15 is 0 Å². The number of thiocarbonyl (C=S) groups is 1. The van der Waals surface area contributed by atoms with Crippen molar-refractivity contribution in [2.75, 3.05) is 5.75 Å². The fraction of sp³-hybridized carbons (Fsp3) is 0.111. The molecule has 0 saturated carbocycles. The lowest BCUT2D eigenvalue weighted by molar-refractivity contribution is -0.130. The minimum absolute atomic E-state index is 0.0156. The van der Waals surface area contributed by atoms with Crippen LogP contribution in [0, 0.1) is 0 Å². The largest absolute Gasteiger partial charge is 0.272 e. The molecule has 2 aliphatic rings. The van der Waals surface area contributed by atoms with E-state index in [1.54, 1.807) is 17.4 Å². The molecule has 2 rings (SSSR count). The summed E-state index contributed by atoms with van der Waals surface area (Å²) < 4.78 is 0.594. The number of nitrogens with zero attached hydrogens (tertiary/aromatic N) is 2. The molecule has 0 radical (unpaired) electrons. The van der Waals surface area contributed by atoms with Crippen molar-refractivity contribution in [3.63, 3.8) is 0 Å².